The zero-order valence-electron chi connectivity index (χ0n) is 11.3. The SMILES string of the molecule is Cn1ncc(Cl)c1S(=O)(=O)N(CCC#N)c1ccccc1. The van der Waals surface area contributed by atoms with E-state index in [0.29, 0.717) is 5.69 Å². The summed E-state index contributed by atoms with van der Waals surface area (Å²) in [4.78, 5) is 0. The standard InChI is InChI=1S/C13H13ClN4O2S/c1-17-13(12(14)10-16-17)21(19,20)18(9-5-8-15)11-6-3-2-4-7-11/h2-4,6-7,10H,5,9H2,1H3. The van der Waals surface area contributed by atoms with Crippen LogP contribution in [0.3, 0.4) is 0 Å². The fourth-order valence-electron chi connectivity index (χ4n) is 1.93. The van der Waals surface area contributed by atoms with E-state index >= 15 is 0 Å². The number of para-hydroxylation sites is 1. The molecule has 1 aromatic heterocycles. The van der Waals surface area contributed by atoms with Gasteiger partial charge in [-0.2, -0.15) is 18.8 Å². The quantitative estimate of drug-likeness (QED) is 0.844. The van der Waals surface area contributed by atoms with Gasteiger partial charge in [0.25, 0.3) is 10.0 Å². The molecule has 0 saturated heterocycles. The van der Waals surface area contributed by atoms with Crippen molar-refractivity contribution in [2.45, 2.75) is 11.4 Å². The van der Waals surface area contributed by atoms with E-state index in [1.165, 1.54) is 22.2 Å². The van der Waals surface area contributed by atoms with E-state index < -0.39 is 10.0 Å². The van der Waals surface area contributed by atoms with Crippen molar-refractivity contribution >= 4 is 27.3 Å². The van der Waals surface area contributed by atoms with Gasteiger partial charge in [0.2, 0.25) is 0 Å². The van der Waals surface area contributed by atoms with Crippen molar-refractivity contribution < 1.29 is 8.42 Å². The highest BCUT2D eigenvalue weighted by Gasteiger charge is 2.30. The van der Waals surface area contributed by atoms with Crippen LogP contribution in [0.4, 0.5) is 5.69 Å². The first-order valence-corrected chi connectivity index (χ1v) is 7.92. The van der Waals surface area contributed by atoms with Gasteiger partial charge in [0.15, 0.2) is 5.03 Å². The molecule has 0 N–H and O–H groups in total. The zero-order valence-corrected chi connectivity index (χ0v) is 12.8. The average molecular weight is 325 g/mol. The van der Waals surface area contributed by atoms with Crippen LogP contribution >= 0.6 is 11.6 Å². The molecule has 0 aliphatic heterocycles. The van der Waals surface area contributed by atoms with Gasteiger partial charge in [-0.15, -0.1) is 0 Å². The maximum Gasteiger partial charge on any atom is 0.283 e. The van der Waals surface area contributed by atoms with Gasteiger partial charge >= 0.3 is 0 Å². The summed E-state index contributed by atoms with van der Waals surface area (Å²) in [6.45, 7) is 0.0460. The predicted molar refractivity (Wildman–Crippen MR) is 79.4 cm³/mol. The lowest BCUT2D eigenvalue weighted by molar-refractivity contribution is 0.572. The first-order valence-electron chi connectivity index (χ1n) is 6.10. The molecule has 1 heterocycles. The predicted octanol–water partition coefficient (Wildman–Crippen LogP) is 2.18. The lowest BCUT2D eigenvalue weighted by Gasteiger charge is -2.23. The topological polar surface area (TPSA) is 79.0 Å². The summed E-state index contributed by atoms with van der Waals surface area (Å²) in [5.74, 6) is 0. The number of aromatic nitrogens is 2. The van der Waals surface area contributed by atoms with Crippen LogP contribution < -0.4 is 4.31 Å². The third kappa shape index (κ3) is 3.01. The highest BCUT2D eigenvalue weighted by atomic mass is 35.5. The van der Waals surface area contributed by atoms with Crippen molar-refractivity contribution in [2.75, 3.05) is 10.8 Å². The molecule has 0 unspecified atom stereocenters. The van der Waals surface area contributed by atoms with Crippen molar-refractivity contribution in [3.63, 3.8) is 0 Å². The van der Waals surface area contributed by atoms with Gasteiger partial charge in [0.05, 0.1) is 29.4 Å². The Labute approximate surface area is 128 Å². The van der Waals surface area contributed by atoms with Crippen LogP contribution in [0, 0.1) is 11.3 Å². The number of hydrogen-bond acceptors (Lipinski definition) is 4. The van der Waals surface area contributed by atoms with E-state index in [2.05, 4.69) is 5.10 Å². The van der Waals surface area contributed by atoms with E-state index in [1.54, 1.807) is 30.3 Å². The van der Waals surface area contributed by atoms with E-state index in [4.69, 9.17) is 16.9 Å². The number of halogens is 1. The second-order valence-electron chi connectivity index (χ2n) is 4.24. The molecule has 1 aromatic carbocycles. The molecule has 2 rings (SSSR count). The summed E-state index contributed by atoms with van der Waals surface area (Å²) < 4.78 is 28.0. The minimum Gasteiger partial charge on any atom is -0.264 e. The number of hydrogen-bond donors (Lipinski definition) is 0. The number of rotatable bonds is 5. The Balaban J connectivity index is 2.53. The molecule has 0 bridgehead atoms. The highest BCUT2D eigenvalue weighted by molar-refractivity contribution is 7.92. The molecule has 110 valence electrons. The summed E-state index contributed by atoms with van der Waals surface area (Å²) in [5.41, 5.74) is 0.477. The Hall–Kier alpha value is -2.04. The largest absolute Gasteiger partial charge is 0.283 e. The van der Waals surface area contributed by atoms with Crippen molar-refractivity contribution in [1.82, 2.24) is 9.78 Å². The molecule has 0 atom stereocenters. The first-order chi connectivity index (χ1) is 9.98. The fraction of sp³-hybridized carbons (Fsp3) is 0.231. The number of benzene rings is 1. The molecule has 2 aromatic rings. The van der Waals surface area contributed by atoms with Crippen molar-refractivity contribution in [2.24, 2.45) is 7.05 Å². The van der Waals surface area contributed by atoms with Gasteiger partial charge in [-0.05, 0) is 12.1 Å². The van der Waals surface area contributed by atoms with Gasteiger partial charge in [0, 0.05) is 13.6 Å². The number of sulfonamides is 1. The molecular formula is C13H13ClN4O2S. The Kier molecular flexibility index (Phi) is 4.50. The van der Waals surface area contributed by atoms with Crippen LogP contribution in [0.2, 0.25) is 5.02 Å². The van der Waals surface area contributed by atoms with Crippen molar-refractivity contribution in [3.8, 4) is 6.07 Å². The monoisotopic (exact) mass is 324 g/mol. The van der Waals surface area contributed by atoms with Gasteiger partial charge < -0.3 is 0 Å². The van der Waals surface area contributed by atoms with Crippen LogP contribution in [0.25, 0.3) is 0 Å². The summed E-state index contributed by atoms with van der Waals surface area (Å²) in [6, 6.07) is 10.5. The molecule has 0 radical (unpaired) electrons. The molecule has 8 heteroatoms. The Bertz CT molecular complexity index is 746. The normalized spacial score (nSPS) is 11.1. The molecule has 0 fully saturated rings. The van der Waals surface area contributed by atoms with Crippen LogP contribution in [0.5, 0.6) is 0 Å². The van der Waals surface area contributed by atoms with E-state index in [1.807, 2.05) is 6.07 Å². The van der Waals surface area contributed by atoms with Crippen LogP contribution in [0.1, 0.15) is 6.42 Å². The Morgan fingerprint density at radius 1 is 1.38 bits per heavy atom. The second kappa shape index (κ2) is 6.16. The molecule has 21 heavy (non-hydrogen) atoms. The minimum absolute atomic E-state index is 0.0460. The highest BCUT2D eigenvalue weighted by Crippen LogP contribution is 2.27. The van der Waals surface area contributed by atoms with Crippen LogP contribution in [-0.4, -0.2) is 24.7 Å². The lowest BCUT2D eigenvalue weighted by atomic mass is 10.3. The van der Waals surface area contributed by atoms with E-state index in [-0.39, 0.29) is 23.0 Å². The molecular weight excluding hydrogens is 312 g/mol. The van der Waals surface area contributed by atoms with Gasteiger partial charge in [-0.1, -0.05) is 29.8 Å². The summed E-state index contributed by atoms with van der Waals surface area (Å²) in [5, 5.41) is 12.6. The van der Waals surface area contributed by atoms with E-state index in [9.17, 15) is 8.42 Å². The number of anilines is 1. The third-order valence-electron chi connectivity index (χ3n) is 2.85. The number of nitrogens with zero attached hydrogens (tertiary/aromatic N) is 4. The third-order valence-corrected chi connectivity index (χ3v) is 5.18. The van der Waals surface area contributed by atoms with Crippen molar-refractivity contribution in [3.05, 3.63) is 41.6 Å². The van der Waals surface area contributed by atoms with Gasteiger partial charge in [0.1, 0.15) is 0 Å². The van der Waals surface area contributed by atoms with Crippen LogP contribution in [0.15, 0.2) is 41.6 Å². The second-order valence-corrected chi connectivity index (χ2v) is 6.43. The molecule has 0 aliphatic carbocycles. The molecule has 6 nitrogen and oxygen atoms in total. The molecule has 0 spiro atoms. The van der Waals surface area contributed by atoms with Crippen molar-refractivity contribution in [1.29, 1.82) is 5.26 Å². The fourth-order valence-corrected chi connectivity index (χ4v) is 4.01. The maximum absolute atomic E-state index is 12.8. The number of aryl methyl sites for hydroxylation is 1. The smallest absolute Gasteiger partial charge is 0.264 e. The maximum atomic E-state index is 12.8. The zero-order chi connectivity index (χ0) is 15.5. The molecule has 0 aliphatic rings. The number of nitriles is 1. The minimum atomic E-state index is -3.89. The van der Waals surface area contributed by atoms with E-state index in [0.717, 1.165) is 0 Å². The molecule has 0 saturated carbocycles. The summed E-state index contributed by atoms with van der Waals surface area (Å²) >= 11 is 5.94. The first kappa shape index (κ1) is 15.4. The average Bonchev–Trinajstić information content (AvgIpc) is 2.80. The summed E-state index contributed by atoms with van der Waals surface area (Å²) in [6.07, 6.45) is 1.35. The Morgan fingerprint density at radius 2 is 2.05 bits per heavy atom. The van der Waals surface area contributed by atoms with Gasteiger partial charge in [-0.25, -0.2) is 0 Å². The van der Waals surface area contributed by atoms with Crippen LogP contribution in [-0.2, 0) is 17.1 Å². The van der Waals surface area contributed by atoms with Gasteiger partial charge in [-0.3, -0.25) is 8.99 Å². The molecule has 0 amide bonds. The summed E-state index contributed by atoms with van der Waals surface area (Å²) in [7, 11) is -2.39. The Morgan fingerprint density at radius 3 is 2.57 bits per heavy atom. The lowest BCUT2D eigenvalue weighted by Crippen LogP contribution is -2.33.